The Morgan fingerprint density at radius 1 is 0.676 bits per heavy atom. The third-order valence-corrected chi connectivity index (χ3v) is 6.00. The van der Waals surface area contributed by atoms with E-state index in [1.807, 2.05) is 77.9 Å². The number of para-hydroxylation sites is 2. The third kappa shape index (κ3) is 3.75. The smallest absolute Gasteiger partial charge is 0.0982 e. The van der Waals surface area contributed by atoms with Gasteiger partial charge in [-0.15, -0.1) is 0 Å². The standard InChI is InChI=1S/C28H22N6/c1-3-9-23(10-4-1)33-20-25(28(32-33)21-13-16-29-17-14-21)27-18-26(22-8-7-15-30-19-22)31-34(27)24-11-5-2-6-12-24/h1-17,19-20,27H,18H2/t27-/m1/s1. The van der Waals surface area contributed by atoms with Crippen molar-refractivity contribution in [1.29, 1.82) is 0 Å². The molecule has 0 radical (unpaired) electrons. The molecule has 1 aliphatic heterocycles. The van der Waals surface area contributed by atoms with Crippen LogP contribution in [0.4, 0.5) is 5.69 Å². The van der Waals surface area contributed by atoms with E-state index in [0.29, 0.717) is 0 Å². The van der Waals surface area contributed by atoms with E-state index < -0.39 is 0 Å². The van der Waals surface area contributed by atoms with Gasteiger partial charge in [-0.3, -0.25) is 15.0 Å². The molecule has 5 aromatic rings. The van der Waals surface area contributed by atoms with E-state index in [1.54, 1.807) is 6.20 Å². The van der Waals surface area contributed by atoms with Crippen LogP contribution in [0.2, 0.25) is 0 Å². The maximum Gasteiger partial charge on any atom is 0.0982 e. The minimum atomic E-state index is -0.0155. The van der Waals surface area contributed by atoms with Crippen molar-refractivity contribution < 1.29 is 0 Å². The summed E-state index contributed by atoms with van der Waals surface area (Å²) in [5, 5.41) is 12.2. The highest BCUT2D eigenvalue weighted by Crippen LogP contribution is 2.40. The van der Waals surface area contributed by atoms with Crippen molar-refractivity contribution in [2.75, 3.05) is 5.01 Å². The molecule has 34 heavy (non-hydrogen) atoms. The van der Waals surface area contributed by atoms with E-state index in [9.17, 15) is 0 Å². The van der Waals surface area contributed by atoms with Gasteiger partial charge in [0.1, 0.15) is 0 Å². The summed E-state index contributed by atoms with van der Waals surface area (Å²) >= 11 is 0. The lowest BCUT2D eigenvalue weighted by atomic mass is 9.97. The molecule has 6 heteroatoms. The second-order valence-electron chi connectivity index (χ2n) is 8.14. The highest BCUT2D eigenvalue weighted by molar-refractivity contribution is 6.03. The molecule has 6 rings (SSSR count). The zero-order valence-corrected chi connectivity index (χ0v) is 18.4. The lowest BCUT2D eigenvalue weighted by molar-refractivity contribution is 0.709. The van der Waals surface area contributed by atoms with Gasteiger partial charge < -0.3 is 0 Å². The number of nitrogens with zero attached hydrogens (tertiary/aromatic N) is 6. The summed E-state index contributed by atoms with van der Waals surface area (Å²) in [6.45, 7) is 0. The normalized spacial score (nSPS) is 15.4. The molecule has 0 saturated heterocycles. The van der Waals surface area contributed by atoms with E-state index in [4.69, 9.17) is 10.2 Å². The van der Waals surface area contributed by atoms with Crippen molar-refractivity contribution in [3.63, 3.8) is 0 Å². The molecule has 6 nitrogen and oxygen atoms in total. The number of pyridine rings is 2. The van der Waals surface area contributed by atoms with E-state index in [1.165, 1.54) is 0 Å². The van der Waals surface area contributed by atoms with Crippen LogP contribution in [0.25, 0.3) is 16.9 Å². The number of aromatic nitrogens is 4. The minimum absolute atomic E-state index is 0.0155. The van der Waals surface area contributed by atoms with Gasteiger partial charge in [-0.05, 0) is 42.5 Å². The molecule has 164 valence electrons. The van der Waals surface area contributed by atoms with Crippen molar-refractivity contribution in [2.24, 2.45) is 5.10 Å². The molecule has 0 saturated carbocycles. The van der Waals surface area contributed by atoms with Crippen LogP contribution in [0.15, 0.2) is 121 Å². The van der Waals surface area contributed by atoms with Gasteiger partial charge in [-0.1, -0.05) is 42.5 Å². The van der Waals surface area contributed by atoms with Gasteiger partial charge >= 0.3 is 0 Å². The van der Waals surface area contributed by atoms with Crippen LogP contribution in [0.5, 0.6) is 0 Å². The van der Waals surface area contributed by atoms with Gasteiger partial charge in [-0.25, -0.2) is 4.68 Å². The van der Waals surface area contributed by atoms with Crippen molar-refractivity contribution in [1.82, 2.24) is 19.7 Å². The fourth-order valence-electron chi connectivity index (χ4n) is 4.36. The fourth-order valence-corrected chi connectivity index (χ4v) is 4.36. The number of hydrazone groups is 1. The molecule has 1 atom stereocenters. The van der Waals surface area contributed by atoms with Gasteiger partial charge in [0.2, 0.25) is 0 Å². The Labute approximate surface area is 197 Å². The number of rotatable bonds is 5. The Morgan fingerprint density at radius 2 is 1.41 bits per heavy atom. The zero-order valence-electron chi connectivity index (χ0n) is 18.4. The van der Waals surface area contributed by atoms with Gasteiger partial charge in [0.05, 0.1) is 28.8 Å². The Hall–Kier alpha value is -4.58. The fraction of sp³-hybridized carbons (Fsp3) is 0.0714. The van der Waals surface area contributed by atoms with Gasteiger partial charge in [-0.2, -0.15) is 10.2 Å². The third-order valence-electron chi connectivity index (χ3n) is 6.00. The predicted molar refractivity (Wildman–Crippen MR) is 134 cm³/mol. The summed E-state index contributed by atoms with van der Waals surface area (Å²) in [6, 6.07) is 28.5. The minimum Gasteiger partial charge on any atom is -0.265 e. The molecule has 4 heterocycles. The second-order valence-corrected chi connectivity index (χ2v) is 8.14. The van der Waals surface area contributed by atoms with Crippen LogP contribution in [-0.2, 0) is 0 Å². The highest BCUT2D eigenvalue weighted by atomic mass is 15.5. The molecule has 0 bridgehead atoms. The maximum absolute atomic E-state index is 5.06. The predicted octanol–water partition coefficient (Wildman–Crippen LogP) is 5.69. The van der Waals surface area contributed by atoms with Gasteiger partial charge in [0.15, 0.2) is 0 Å². The summed E-state index contributed by atoms with van der Waals surface area (Å²) in [6.07, 6.45) is 10.2. The number of hydrogen-bond donors (Lipinski definition) is 0. The maximum atomic E-state index is 5.06. The van der Waals surface area contributed by atoms with E-state index >= 15 is 0 Å². The number of hydrogen-bond acceptors (Lipinski definition) is 5. The van der Waals surface area contributed by atoms with Crippen LogP contribution >= 0.6 is 0 Å². The molecular weight excluding hydrogens is 420 g/mol. The van der Waals surface area contributed by atoms with E-state index in [-0.39, 0.29) is 6.04 Å². The molecular formula is C28H22N6. The van der Waals surface area contributed by atoms with Gasteiger partial charge in [0.25, 0.3) is 0 Å². The number of anilines is 1. The molecule has 3 aromatic heterocycles. The summed E-state index contributed by atoms with van der Waals surface area (Å²) in [5.74, 6) is 0. The molecule has 0 spiro atoms. The van der Waals surface area contributed by atoms with E-state index in [2.05, 4.69) is 51.5 Å². The van der Waals surface area contributed by atoms with Crippen LogP contribution in [0.3, 0.4) is 0 Å². The summed E-state index contributed by atoms with van der Waals surface area (Å²) in [7, 11) is 0. The lowest BCUT2D eigenvalue weighted by Gasteiger charge is -2.23. The largest absolute Gasteiger partial charge is 0.265 e. The Kier molecular flexibility index (Phi) is 5.16. The quantitative estimate of drug-likeness (QED) is 0.351. The second kappa shape index (κ2) is 8.75. The molecule has 0 amide bonds. The van der Waals surface area contributed by atoms with Crippen LogP contribution in [0, 0.1) is 0 Å². The summed E-state index contributed by atoms with van der Waals surface area (Å²) in [5.41, 5.74) is 7.17. The Balaban J connectivity index is 1.50. The van der Waals surface area contributed by atoms with Crippen LogP contribution in [-0.4, -0.2) is 25.5 Å². The first-order chi connectivity index (χ1) is 16.9. The SMILES string of the molecule is c1ccc(N2N=C(c3cccnc3)C[C@@H]2c2cn(-c3ccccc3)nc2-c2ccncc2)cc1. The first-order valence-electron chi connectivity index (χ1n) is 11.2. The van der Waals surface area contributed by atoms with Crippen molar-refractivity contribution in [3.05, 3.63) is 127 Å². The van der Waals surface area contributed by atoms with Crippen LogP contribution < -0.4 is 5.01 Å². The molecule has 0 fully saturated rings. The zero-order chi connectivity index (χ0) is 22.7. The topological polar surface area (TPSA) is 59.2 Å². The highest BCUT2D eigenvalue weighted by Gasteiger charge is 2.33. The Morgan fingerprint density at radius 3 is 2.12 bits per heavy atom. The summed E-state index contributed by atoms with van der Waals surface area (Å²) < 4.78 is 1.95. The Bertz CT molecular complexity index is 1410. The average Bonchev–Trinajstić information content (AvgIpc) is 3.56. The van der Waals surface area contributed by atoms with Crippen LogP contribution in [0.1, 0.15) is 23.6 Å². The average molecular weight is 443 g/mol. The summed E-state index contributed by atoms with van der Waals surface area (Å²) in [4.78, 5) is 8.51. The van der Waals surface area contributed by atoms with E-state index in [0.717, 1.165) is 45.9 Å². The first-order valence-corrected chi connectivity index (χ1v) is 11.2. The first kappa shape index (κ1) is 20.1. The van der Waals surface area contributed by atoms with Crippen molar-refractivity contribution in [3.8, 4) is 16.9 Å². The molecule has 1 aliphatic rings. The molecule has 0 unspecified atom stereocenters. The number of benzene rings is 2. The molecule has 0 aliphatic carbocycles. The monoisotopic (exact) mass is 442 g/mol. The van der Waals surface area contributed by atoms with Crippen molar-refractivity contribution >= 4 is 11.4 Å². The van der Waals surface area contributed by atoms with Gasteiger partial charge in [0, 0.05) is 54.1 Å². The lowest BCUT2D eigenvalue weighted by Crippen LogP contribution is -2.18. The molecule has 2 aromatic carbocycles. The molecule has 0 N–H and O–H groups in total. The van der Waals surface area contributed by atoms with Crippen molar-refractivity contribution in [2.45, 2.75) is 12.5 Å².